The molecule has 0 radical (unpaired) electrons. The summed E-state index contributed by atoms with van der Waals surface area (Å²) >= 11 is 0. The van der Waals surface area contributed by atoms with E-state index in [2.05, 4.69) is 15.6 Å². The number of aromatic nitrogens is 1. The Hall–Kier alpha value is -2.73. The molecule has 2 heterocycles. The van der Waals surface area contributed by atoms with Crippen LogP contribution in [0.3, 0.4) is 0 Å². The van der Waals surface area contributed by atoms with Crippen molar-refractivity contribution in [2.75, 3.05) is 11.9 Å². The third-order valence-electron chi connectivity index (χ3n) is 3.85. The van der Waals surface area contributed by atoms with Gasteiger partial charge in [-0.05, 0) is 30.7 Å². The van der Waals surface area contributed by atoms with Gasteiger partial charge in [0.2, 0.25) is 5.91 Å². The third kappa shape index (κ3) is 3.97. The summed E-state index contributed by atoms with van der Waals surface area (Å²) < 4.78 is 5.45. The number of carbonyl (C=O) groups is 2. The summed E-state index contributed by atoms with van der Waals surface area (Å²) in [6.45, 7) is 2.39. The van der Waals surface area contributed by atoms with E-state index >= 15 is 0 Å². The maximum Gasteiger partial charge on any atom is 0.338 e. The number of pyridine rings is 1. The lowest BCUT2D eigenvalue weighted by molar-refractivity contribution is -0.118. The lowest BCUT2D eigenvalue weighted by Gasteiger charge is -2.12. The van der Waals surface area contributed by atoms with E-state index < -0.39 is 6.04 Å². The van der Waals surface area contributed by atoms with Gasteiger partial charge in [0.1, 0.15) is 11.9 Å². The van der Waals surface area contributed by atoms with Gasteiger partial charge in [0.15, 0.2) is 0 Å². The fraction of sp³-hybridized carbons (Fsp3) is 0.278. The minimum absolute atomic E-state index is 0.176. The lowest BCUT2D eigenvalue weighted by atomic mass is 10.2. The first-order valence-electron chi connectivity index (χ1n) is 7.85. The van der Waals surface area contributed by atoms with Gasteiger partial charge >= 0.3 is 5.97 Å². The summed E-state index contributed by atoms with van der Waals surface area (Å²) in [5.74, 6) is -0.0367. The Kier molecular flexibility index (Phi) is 4.86. The highest BCUT2D eigenvalue weighted by Gasteiger charge is 2.32. The summed E-state index contributed by atoms with van der Waals surface area (Å²) in [6, 6.07) is 12.1. The van der Waals surface area contributed by atoms with Gasteiger partial charge in [-0.3, -0.25) is 4.79 Å². The highest BCUT2D eigenvalue weighted by atomic mass is 16.5. The molecule has 0 saturated carbocycles. The van der Waals surface area contributed by atoms with Crippen molar-refractivity contribution >= 4 is 17.7 Å². The summed E-state index contributed by atoms with van der Waals surface area (Å²) in [6.07, 6.45) is 1.82. The average Bonchev–Trinajstić information content (AvgIpc) is 3.06. The predicted octanol–water partition coefficient (Wildman–Crippen LogP) is 1.92. The fourth-order valence-corrected chi connectivity index (χ4v) is 2.54. The maximum atomic E-state index is 12.2. The number of nitrogens with one attached hydrogen (secondary N) is 2. The van der Waals surface area contributed by atoms with Crippen molar-refractivity contribution in [1.29, 1.82) is 0 Å². The Bertz CT molecular complexity index is 716. The van der Waals surface area contributed by atoms with Crippen molar-refractivity contribution in [3.63, 3.8) is 0 Å². The van der Waals surface area contributed by atoms with Crippen LogP contribution in [0.25, 0.3) is 0 Å². The van der Waals surface area contributed by atoms with E-state index in [0.29, 0.717) is 24.3 Å². The number of hydrogen-bond acceptors (Lipinski definition) is 5. The first kappa shape index (κ1) is 16.1. The van der Waals surface area contributed by atoms with Crippen molar-refractivity contribution in [1.82, 2.24) is 10.3 Å². The lowest BCUT2D eigenvalue weighted by Crippen LogP contribution is -2.35. The molecule has 0 bridgehead atoms. The van der Waals surface area contributed by atoms with Gasteiger partial charge in [0, 0.05) is 19.2 Å². The van der Waals surface area contributed by atoms with Crippen LogP contribution in [-0.2, 0) is 9.53 Å². The zero-order chi connectivity index (χ0) is 16.9. The number of rotatable bonds is 4. The molecule has 1 saturated heterocycles. The van der Waals surface area contributed by atoms with Crippen molar-refractivity contribution in [3.05, 3.63) is 59.8 Å². The molecule has 24 heavy (non-hydrogen) atoms. The van der Waals surface area contributed by atoms with Crippen molar-refractivity contribution < 1.29 is 14.3 Å². The maximum absolute atomic E-state index is 12.2. The van der Waals surface area contributed by atoms with Crippen LogP contribution >= 0.6 is 0 Å². The van der Waals surface area contributed by atoms with E-state index in [1.807, 2.05) is 19.1 Å². The molecule has 1 aromatic heterocycles. The number of carbonyl (C=O) groups excluding carboxylic acids is 2. The summed E-state index contributed by atoms with van der Waals surface area (Å²) in [4.78, 5) is 28.4. The number of hydrogen-bond donors (Lipinski definition) is 2. The van der Waals surface area contributed by atoms with E-state index in [1.54, 1.807) is 36.5 Å². The van der Waals surface area contributed by atoms with Crippen LogP contribution in [0.4, 0.5) is 5.82 Å². The molecule has 3 rings (SSSR count). The summed E-state index contributed by atoms with van der Waals surface area (Å²) in [7, 11) is 0. The summed E-state index contributed by atoms with van der Waals surface area (Å²) in [5.41, 5.74) is 1.54. The second-order valence-electron chi connectivity index (χ2n) is 5.80. The van der Waals surface area contributed by atoms with Crippen molar-refractivity contribution in [3.8, 4) is 0 Å². The van der Waals surface area contributed by atoms with Gasteiger partial charge < -0.3 is 15.4 Å². The topological polar surface area (TPSA) is 80.3 Å². The van der Waals surface area contributed by atoms with Gasteiger partial charge in [0.05, 0.1) is 11.6 Å². The zero-order valence-electron chi connectivity index (χ0n) is 13.4. The first-order chi connectivity index (χ1) is 11.6. The molecule has 0 unspecified atom stereocenters. The normalized spacial score (nSPS) is 19.7. The van der Waals surface area contributed by atoms with Gasteiger partial charge in [-0.1, -0.05) is 24.3 Å². The molecule has 1 aromatic carbocycles. The van der Waals surface area contributed by atoms with E-state index in [9.17, 15) is 9.59 Å². The second kappa shape index (κ2) is 7.23. The van der Waals surface area contributed by atoms with Crippen LogP contribution < -0.4 is 10.6 Å². The highest BCUT2D eigenvalue weighted by molar-refractivity contribution is 5.94. The Labute approximate surface area is 140 Å². The number of benzene rings is 1. The van der Waals surface area contributed by atoms with Crippen LogP contribution in [-0.4, -0.2) is 35.6 Å². The predicted molar refractivity (Wildman–Crippen MR) is 89.7 cm³/mol. The van der Waals surface area contributed by atoms with Gasteiger partial charge in [-0.15, -0.1) is 0 Å². The highest BCUT2D eigenvalue weighted by Crippen LogP contribution is 2.15. The first-order valence-corrected chi connectivity index (χ1v) is 7.85. The number of amides is 1. The average molecular weight is 325 g/mol. The van der Waals surface area contributed by atoms with E-state index in [0.717, 1.165) is 5.56 Å². The second-order valence-corrected chi connectivity index (χ2v) is 5.80. The SMILES string of the molecule is Cc1ccc(NC(=O)[C@@H]2C[C@H](OC(=O)c3ccccc3)CN2)nc1. The molecule has 2 atom stereocenters. The van der Waals surface area contributed by atoms with Crippen LogP contribution in [0, 0.1) is 6.92 Å². The third-order valence-corrected chi connectivity index (χ3v) is 3.85. The molecule has 2 aromatic rings. The number of nitrogens with zero attached hydrogens (tertiary/aromatic N) is 1. The molecule has 124 valence electrons. The monoisotopic (exact) mass is 325 g/mol. The molecule has 0 spiro atoms. The Morgan fingerprint density at radius 2 is 2.00 bits per heavy atom. The zero-order valence-corrected chi connectivity index (χ0v) is 13.4. The smallest absolute Gasteiger partial charge is 0.338 e. The molecule has 1 aliphatic heterocycles. The van der Waals surface area contributed by atoms with Crippen LogP contribution in [0.2, 0.25) is 0 Å². The minimum atomic E-state index is -0.401. The Morgan fingerprint density at radius 3 is 2.71 bits per heavy atom. The summed E-state index contributed by atoms with van der Waals surface area (Å²) in [5, 5.41) is 5.84. The standard InChI is InChI=1S/C18H19N3O3/c1-12-7-8-16(20-10-12)21-17(22)15-9-14(11-19-15)24-18(23)13-5-3-2-4-6-13/h2-8,10,14-15,19H,9,11H2,1H3,(H,20,21,22)/t14-,15-/m0/s1. The molecule has 1 amide bonds. The largest absolute Gasteiger partial charge is 0.457 e. The molecule has 1 aliphatic rings. The molecule has 6 nitrogen and oxygen atoms in total. The number of aryl methyl sites for hydroxylation is 1. The van der Waals surface area contributed by atoms with Crippen LogP contribution in [0.15, 0.2) is 48.7 Å². The molecule has 2 N–H and O–H groups in total. The van der Waals surface area contributed by atoms with Crippen LogP contribution in [0.1, 0.15) is 22.3 Å². The van der Waals surface area contributed by atoms with E-state index in [1.165, 1.54) is 0 Å². The van der Waals surface area contributed by atoms with E-state index in [4.69, 9.17) is 4.74 Å². The Balaban J connectivity index is 1.52. The van der Waals surface area contributed by atoms with Gasteiger partial charge in [0.25, 0.3) is 0 Å². The van der Waals surface area contributed by atoms with Gasteiger partial charge in [-0.25, -0.2) is 9.78 Å². The molecular formula is C18H19N3O3. The molecular weight excluding hydrogens is 306 g/mol. The van der Waals surface area contributed by atoms with E-state index in [-0.39, 0.29) is 18.0 Å². The molecule has 1 fully saturated rings. The van der Waals surface area contributed by atoms with Crippen molar-refractivity contribution in [2.24, 2.45) is 0 Å². The molecule has 6 heteroatoms. The quantitative estimate of drug-likeness (QED) is 0.840. The minimum Gasteiger partial charge on any atom is -0.457 e. The number of ether oxygens (including phenoxy) is 1. The number of esters is 1. The fourth-order valence-electron chi connectivity index (χ4n) is 2.54. The van der Waals surface area contributed by atoms with Crippen LogP contribution in [0.5, 0.6) is 0 Å². The Morgan fingerprint density at radius 1 is 1.21 bits per heavy atom. The van der Waals surface area contributed by atoms with Gasteiger partial charge in [-0.2, -0.15) is 0 Å². The number of anilines is 1. The van der Waals surface area contributed by atoms with Crippen molar-refractivity contribution in [2.45, 2.75) is 25.5 Å². The molecule has 0 aliphatic carbocycles.